The molecule has 11 nitrogen and oxygen atoms in total. The molecule has 0 saturated carbocycles. The molecule has 0 unspecified atom stereocenters. The molecule has 12 heteroatoms. The summed E-state index contributed by atoms with van der Waals surface area (Å²) in [6.45, 7) is -1.10. The van der Waals surface area contributed by atoms with Crippen LogP contribution in [0.1, 0.15) is 0 Å². The quantitative estimate of drug-likeness (QED) is 0.503. The van der Waals surface area contributed by atoms with Crippen LogP contribution >= 0.6 is 0 Å². The number of anilines is 1. The lowest BCUT2D eigenvalue weighted by Crippen LogP contribution is -2.32. The number of aromatic amines is 1. The number of hydrogen-bond donors (Lipinski definition) is 3. The molecular formula is C14H14N4O7S. The molecule has 2 aromatic rings. The lowest BCUT2D eigenvalue weighted by Gasteiger charge is -2.08. The van der Waals surface area contributed by atoms with E-state index in [1.807, 2.05) is 4.98 Å². The Morgan fingerprint density at radius 1 is 1.15 bits per heavy atom. The van der Waals surface area contributed by atoms with E-state index >= 15 is 0 Å². The molecule has 0 fully saturated rings. The van der Waals surface area contributed by atoms with E-state index in [0.29, 0.717) is 0 Å². The molecule has 0 atom stereocenters. The second kappa shape index (κ2) is 7.76. The number of aromatic nitrogens is 2. The van der Waals surface area contributed by atoms with Crippen molar-refractivity contribution in [1.82, 2.24) is 9.55 Å². The van der Waals surface area contributed by atoms with E-state index in [1.54, 1.807) is 0 Å². The summed E-state index contributed by atoms with van der Waals surface area (Å²) in [5.41, 5.74) is -1.11. The van der Waals surface area contributed by atoms with Crippen molar-refractivity contribution in [3.8, 4) is 0 Å². The molecule has 4 N–H and O–H groups in total. The first-order chi connectivity index (χ1) is 12.1. The fourth-order valence-electron chi connectivity index (χ4n) is 1.82. The second-order valence-corrected chi connectivity index (χ2v) is 6.58. The number of carbonyl (C=O) groups is 2. The third-order valence-corrected chi connectivity index (χ3v) is 3.96. The summed E-state index contributed by atoms with van der Waals surface area (Å²) in [4.78, 5) is 47.5. The van der Waals surface area contributed by atoms with Gasteiger partial charge < -0.3 is 10.1 Å². The Hall–Kier alpha value is -3.25. The Bertz CT molecular complexity index is 1040. The van der Waals surface area contributed by atoms with Gasteiger partial charge in [-0.3, -0.25) is 23.9 Å². The Morgan fingerprint density at radius 2 is 1.81 bits per heavy atom. The van der Waals surface area contributed by atoms with Gasteiger partial charge in [-0.1, -0.05) is 0 Å². The number of nitrogens with two attached hydrogens (primary N) is 1. The van der Waals surface area contributed by atoms with E-state index in [1.165, 1.54) is 24.3 Å². The highest BCUT2D eigenvalue weighted by Crippen LogP contribution is 2.12. The zero-order valence-electron chi connectivity index (χ0n) is 13.2. The molecule has 0 radical (unpaired) electrons. The summed E-state index contributed by atoms with van der Waals surface area (Å²) in [5.74, 6) is -1.53. The third kappa shape index (κ3) is 5.39. The summed E-state index contributed by atoms with van der Waals surface area (Å²) < 4.78 is 27.9. The maximum absolute atomic E-state index is 11.7. The van der Waals surface area contributed by atoms with E-state index in [0.717, 1.165) is 16.8 Å². The average molecular weight is 382 g/mol. The number of hydrogen-bond acceptors (Lipinski definition) is 7. The van der Waals surface area contributed by atoms with E-state index in [-0.39, 0.29) is 10.6 Å². The van der Waals surface area contributed by atoms with Crippen molar-refractivity contribution in [2.75, 3.05) is 11.9 Å². The number of amides is 1. The third-order valence-electron chi connectivity index (χ3n) is 3.03. The van der Waals surface area contributed by atoms with E-state index in [2.05, 4.69) is 5.32 Å². The molecule has 0 saturated heterocycles. The summed E-state index contributed by atoms with van der Waals surface area (Å²) >= 11 is 0. The van der Waals surface area contributed by atoms with Gasteiger partial charge in [0.25, 0.3) is 11.5 Å². The van der Waals surface area contributed by atoms with Crippen molar-refractivity contribution < 1.29 is 22.7 Å². The first-order valence-electron chi connectivity index (χ1n) is 7.03. The SMILES string of the molecule is NS(=O)(=O)c1ccc(NC(=O)COC(=O)Cn2ccc(=O)[nH]c2=O)cc1. The van der Waals surface area contributed by atoms with Gasteiger partial charge in [0.05, 0.1) is 4.90 Å². The number of rotatable bonds is 6. The van der Waals surface area contributed by atoms with Crippen LogP contribution in [0.4, 0.5) is 5.69 Å². The highest BCUT2D eigenvalue weighted by Gasteiger charge is 2.11. The lowest BCUT2D eigenvalue weighted by atomic mass is 10.3. The number of benzene rings is 1. The largest absolute Gasteiger partial charge is 0.454 e. The van der Waals surface area contributed by atoms with Crippen molar-refractivity contribution in [1.29, 1.82) is 0 Å². The molecule has 1 aromatic heterocycles. The molecule has 0 spiro atoms. The topological polar surface area (TPSA) is 170 Å². The summed E-state index contributed by atoms with van der Waals surface area (Å²) in [5, 5.41) is 7.35. The van der Waals surface area contributed by atoms with Gasteiger partial charge in [0, 0.05) is 18.0 Å². The van der Waals surface area contributed by atoms with Crippen molar-refractivity contribution in [2.24, 2.45) is 5.14 Å². The van der Waals surface area contributed by atoms with Crippen LogP contribution in [0.2, 0.25) is 0 Å². The Kier molecular flexibility index (Phi) is 5.69. The Balaban J connectivity index is 1.87. The zero-order chi connectivity index (χ0) is 19.3. The van der Waals surface area contributed by atoms with Crippen molar-refractivity contribution in [3.05, 3.63) is 57.4 Å². The summed E-state index contributed by atoms with van der Waals surface area (Å²) in [7, 11) is -3.84. The molecule has 0 aliphatic carbocycles. The van der Waals surface area contributed by atoms with Crippen LogP contribution in [0.15, 0.2) is 51.0 Å². The van der Waals surface area contributed by atoms with Gasteiger partial charge >= 0.3 is 11.7 Å². The van der Waals surface area contributed by atoms with Crippen LogP contribution in [-0.4, -0.2) is 36.5 Å². The first kappa shape index (κ1) is 19.1. The monoisotopic (exact) mass is 382 g/mol. The number of nitrogens with one attached hydrogen (secondary N) is 2. The van der Waals surface area contributed by atoms with Crippen LogP contribution in [0.3, 0.4) is 0 Å². The summed E-state index contributed by atoms with van der Waals surface area (Å²) in [6.07, 6.45) is 1.12. The number of primary sulfonamides is 1. The maximum atomic E-state index is 11.7. The molecule has 0 bridgehead atoms. The number of ether oxygens (including phenoxy) is 1. The van der Waals surface area contributed by atoms with Crippen LogP contribution in [-0.2, 0) is 30.9 Å². The molecule has 0 aliphatic rings. The molecule has 1 heterocycles. The van der Waals surface area contributed by atoms with Crippen molar-refractivity contribution >= 4 is 27.6 Å². The molecule has 1 aromatic carbocycles. The molecule has 138 valence electrons. The minimum Gasteiger partial charge on any atom is -0.454 e. The van der Waals surface area contributed by atoms with Gasteiger partial charge in [-0.25, -0.2) is 18.4 Å². The first-order valence-corrected chi connectivity index (χ1v) is 8.58. The predicted molar refractivity (Wildman–Crippen MR) is 88.7 cm³/mol. The lowest BCUT2D eigenvalue weighted by molar-refractivity contribution is -0.148. The molecule has 0 aliphatic heterocycles. The second-order valence-electron chi connectivity index (χ2n) is 5.02. The highest BCUT2D eigenvalue weighted by atomic mass is 32.2. The zero-order valence-corrected chi connectivity index (χ0v) is 14.0. The highest BCUT2D eigenvalue weighted by molar-refractivity contribution is 7.89. The average Bonchev–Trinajstić information content (AvgIpc) is 2.55. The van der Waals surface area contributed by atoms with E-state index < -0.39 is 46.3 Å². The molecular weight excluding hydrogens is 368 g/mol. The molecule has 26 heavy (non-hydrogen) atoms. The minimum atomic E-state index is -3.84. The summed E-state index contributed by atoms with van der Waals surface area (Å²) in [6, 6.07) is 6.12. The van der Waals surface area contributed by atoms with Crippen LogP contribution in [0.25, 0.3) is 0 Å². The number of H-pyrrole nitrogens is 1. The van der Waals surface area contributed by atoms with E-state index in [4.69, 9.17) is 9.88 Å². The number of sulfonamides is 1. The molecule has 2 rings (SSSR count). The normalized spacial score (nSPS) is 11.0. The van der Waals surface area contributed by atoms with Crippen LogP contribution in [0.5, 0.6) is 0 Å². The van der Waals surface area contributed by atoms with Gasteiger partial charge in [0.1, 0.15) is 6.54 Å². The Labute approximate surface area is 146 Å². The Morgan fingerprint density at radius 3 is 2.38 bits per heavy atom. The van der Waals surface area contributed by atoms with Gasteiger partial charge in [0.15, 0.2) is 6.61 Å². The van der Waals surface area contributed by atoms with E-state index in [9.17, 15) is 27.6 Å². The van der Waals surface area contributed by atoms with Gasteiger partial charge in [-0.2, -0.15) is 0 Å². The standard InChI is InChI=1S/C14H14N4O7S/c15-26(23,24)10-3-1-9(2-4-10)16-12(20)8-25-13(21)7-18-6-5-11(19)17-14(18)22/h1-6H,7-8H2,(H,16,20)(H2,15,23,24)(H,17,19,22). The van der Waals surface area contributed by atoms with Crippen molar-refractivity contribution in [2.45, 2.75) is 11.4 Å². The minimum absolute atomic E-state index is 0.117. The van der Waals surface area contributed by atoms with Gasteiger partial charge in [0.2, 0.25) is 10.0 Å². The fraction of sp³-hybridized carbons (Fsp3) is 0.143. The number of carbonyl (C=O) groups excluding carboxylic acids is 2. The van der Waals surface area contributed by atoms with Crippen LogP contribution in [0, 0.1) is 0 Å². The van der Waals surface area contributed by atoms with Crippen LogP contribution < -0.4 is 21.7 Å². The smallest absolute Gasteiger partial charge is 0.328 e. The fourth-order valence-corrected chi connectivity index (χ4v) is 2.34. The van der Waals surface area contributed by atoms with Gasteiger partial charge in [-0.05, 0) is 24.3 Å². The maximum Gasteiger partial charge on any atom is 0.328 e. The predicted octanol–water partition coefficient (Wildman–Crippen LogP) is -1.63. The molecule has 1 amide bonds. The number of esters is 1. The number of nitrogens with zero attached hydrogens (tertiary/aromatic N) is 1. The van der Waals surface area contributed by atoms with Crippen molar-refractivity contribution in [3.63, 3.8) is 0 Å². The van der Waals surface area contributed by atoms with Gasteiger partial charge in [-0.15, -0.1) is 0 Å².